The molecular formula is C25H38Cl2N3SiTi+. The fourth-order valence-electron chi connectivity index (χ4n) is 5.41. The van der Waals surface area contributed by atoms with Gasteiger partial charge < -0.3 is 22.6 Å². The van der Waals surface area contributed by atoms with Gasteiger partial charge in [-0.3, -0.25) is 6.67 Å². The van der Waals surface area contributed by atoms with Crippen molar-refractivity contribution in [1.82, 2.24) is 4.57 Å². The van der Waals surface area contributed by atoms with Crippen LogP contribution in [0.25, 0.3) is 16.2 Å². The summed E-state index contributed by atoms with van der Waals surface area (Å²) in [4.78, 5) is 0. The molecule has 1 saturated carbocycles. The quantitative estimate of drug-likeness (QED) is 0.287. The van der Waals surface area contributed by atoms with Crippen LogP contribution in [0.2, 0.25) is 18.6 Å². The molecule has 0 bridgehead atoms. The Bertz CT molecular complexity index is 783. The zero-order valence-corrected chi connectivity index (χ0v) is 24.5. The van der Waals surface area contributed by atoms with Gasteiger partial charge in [-0.2, -0.15) is 0 Å². The standard InChI is InChI=1S/C24H35N3Si.CH3.2ClH.Ti/c1-24(2,3)19-11-9-18(10-12-19)20-7-6-8-22-21(20)13-14-23(22)28(4,5)27-16-25-15-26-17-27;;;;/h6-12,21-23H,13-17H2,1-5H3;1H3;2*1H;/q-2;-1;;;+6/p-2. The average Bonchev–Trinajstić information content (AvgIpc) is 3.20. The van der Waals surface area contributed by atoms with Gasteiger partial charge in [-0.05, 0) is 45.9 Å². The van der Waals surface area contributed by atoms with Crippen molar-refractivity contribution in [3.8, 4) is 0 Å². The minimum absolute atomic E-state index is 0. The van der Waals surface area contributed by atoms with Gasteiger partial charge in [0.05, 0.1) is 0 Å². The van der Waals surface area contributed by atoms with Crippen molar-refractivity contribution in [2.75, 3.05) is 20.0 Å². The molecule has 3 nitrogen and oxygen atoms in total. The van der Waals surface area contributed by atoms with E-state index in [1.165, 1.54) is 24.0 Å². The van der Waals surface area contributed by atoms with Crippen molar-refractivity contribution < 1.29 is 17.0 Å². The second-order valence-corrected chi connectivity index (χ2v) is 17.6. The molecule has 3 atom stereocenters. The van der Waals surface area contributed by atoms with Crippen LogP contribution in [0.15, 0.2) is 42.5 Å². The molecule has 2 aliphatic carbocycles. The maximum atomic E-state index is 4.89. The summed E-state index contributed by atoms with van der Waals surface area (Å²) in [5.41, 5.74) is 5.37. The SMILES string of the molecule is CC(C)(C)c1ccc(C2=CC=CC3C2CCC3[Si](C)(C)N2C[N-]C[N-]C2)cc1.[CH3-].[Cl][Ti+4][Cl]. The van der Waals surface area contributed by atoms with Crippen LogP contribution in [0.3, 0.4) is 0 Å². The Kier molecular flexibility index (Phi) is 10.8. The maximum absolute atomic E-state index is 4.89. The fraction of sp³-hybridized carbons (Fsp3) is 0.560. The minimum atomic E-state index is -1.57. The van der Waals surface area contributed by atoms with Crippen molar-refractivity contribution in [2.45, 2.75) is 57.7 Å². The molecule has 1 aromatic carbocycles. The first-order valence-electron chi connectivity index (χ1n) is 11.2. The summed E-state index contributed by atoms with van der Waals surface area (Å²) in [6.07, 6.45) is 9.85. The molecular weight excluding hydrogens is 489 g/mol. The second kappa shape index (κ2) is 12.2. The van der Waals surface area contributed by atoms with Gasteiger partial charge in [0.25, 0.3) is 0 Å². The predicted octanol–water partition coefficient (Wildman–Crippen LogP) is 8.30. The molecule has 3 aliphatic rings. The zero-order chi connectivity index (χ0) is 22.6. The van der Waals surface area contributed by atoms with Crippen LogP contribution < -0.4 is 0 Å². The van der Waals surface area contributed by atoms with Gasteiger partial charge in [-0.25, -0.2) is 0 Å². The van der Waals surface area contributed by atoms with Gasteiger partial charge in [0.15, 0.2) is 0 Å². The Balaban J connectivity index is 0.000000860. The van der Waals surface area contributed by atoms with Crippen LogP contribution in [-0.2, 0) is 22.4 Å². The van der Waals surface area contributed by atoms with E-state index in [4.69, 9.17) is 18.6 Å². The summed E-state index contributed by atoms with van der Waals surface area (Å²) < 4.78 is 2.60. The molecule has 1 aromatic rings. The number of allylic oxidation sites excluding steroid dienone is 4. The summed E-state index contributed by atoms with van der Waals surface area (Å²) >= 11 is -0.556. The normalized spacial score (nSPS) is 26.0. The van der Waals surface area contributed by atoms with Crippen molar-refractivity contribution in [3.63, 3.8) is 0 Å². The van der Waals surface area contributed by atoms with E-state index in [9.17, 15) is 0 Å². The van der Waals surface area contributed by atoms with Crippen LogP contribution in [0.1, 0.15) is 44.7 Å². The Hall–Kier alpha value is 0.0912. The molecule has 1 heterocycles. The molecule has 0 amide bonds. The summed E-state index contributed by atoms with van der Waals surface area (Å²) in [6, 6.07) is 9.35. The predicted molar refractivity (Wildman–Crippen MR) is 141 cm³/mol. The number of nitrogens with zero attached hydrogens (tertiary/aromatic N) is 3. The molecule has 174 valence electrons. The average molecular weight is 527 g/mol. The summed E-state index contributed by atoms with van der Waals surface area (Å²) in [5, 5.41) is 9.11. The van der Waals surface area contributed by atoms with Crippen LogP contribution >= 0.6 is 18.6 Å². The van der Waals surface area contributed by atoms with E-state index in [2.05, 4.69) is 91.6 Å². The molecule has 4 rings (SSSR count). The molecule has 0 aromatic heterocycles. The molecule has 2 fully saturated rings. The van der Waals surface area contributed by atoms with E-state index < -0.39 is 25.3 Å². The molecule has 7 heteroatoms. The zero-order valence-electron chi connectivity index (χ0n) is 20.4. The van der Waals surface area contributed by atoms with Crippen LogP contribution in [0.4, 0.5) is 0 Å². The number of benzene rings is 1. The number of halogens is 2. The third kappa shape index (κ3) is 6.40. The van der Waals surface area contributed by atoms with Gasteiger partial charge in [0.2, 0.25) is 0 Å². The topological polar surface area (TPSA) is 31.4 Å². The van der Waals surface area contributed by atoms with E-state index >= 15 is 0 Å². The van der Waals surface area contributed by atoms with E-state index in [1.807, 2.05) is 0 Å². The summed E-state index contributed by atoms with van der Waals surface area (Å²) in [7, 11) is 8.20. The van der Waals surface area contributed by atoms with Crippen LogP contribution in [0, 0.1) is 19.3 Å². The van der Waals surface area contributed by atoms with Crippen molar-refractivity contribution in [1.29, 1.82) is 0 Å². The summed E-state index contributed by atoms with van der Waals surface area (Å²) in [5.74, 6) is 1.34. The molecule has 32 heavy (non-hydrogen) atoms. The van der Waals surface area contributed by atoms with Gasteiger partial charge in [0, 0.05) is 0 Å². The van der Waals surface area contributed by atoms with E-state index in [-0.39, 0.29) is 12.8 Å². The number of hydrogen-bond acceptors (Lipinski definition) is 1. The van der Waals surface area contributed by atoms with E-state index in [1.54, 1.807) is 5.57 Å². The fourth-order valence-corrected chi connectivity index (χ4v) is 8.97. The van der Waals surface area contributed by atoms with Crippen molar-refractivity contribution in [2.24, 2.45) is 11.8 Å². The molecule has 0 N–H and O–H groups in total. The number of fused-ring (bicyclic) bond motifs is 1. The molecule has 1 aliphatic heterocycles. The first kappa shape index (κ1) is 28.3. The first-order valence-corrected chi connectivity index (χ1v) is 18.5. The number of hydrogen-bond donors (Lipinski definition) is 0. The Morgan fingerprint density at radius 1 is 1.03 bits per heavy atom. The van der Waals surface area contributed by atoms with Crippen molar-refractivity contribution >= 4 is 32.4 Å². The third-order valence-electron chi connectivity index (χ3n) is 7.27. The monoisotopic (exact) mass is 526 g/mol. The van der Waals surface area contributed by atoms with E-state index in [0.29, 0.717) is 18.5 Å². The molecule has 3 unspecified atom stereocenters. The van der Waals surface area contributed by atoms with Crippen molar-refractivity contribution in [3.05, 3.63) is 71.7 Å². The Morgan fingerprint density at radius 3 is 2.19 bits per heavy atom. The molecule has 0 radical (unpaired) electrons. The van der Waals surface area contributed by atoms with E-state index in [0.717, 1.165) is 18.9 Å². The van der Waals surface area contributed by atoms with Gasteiger partial charge >= 0.3 is 35.6 Å². The summed E-state index contributed by atoms with van der Waals surface area (Å²) in [6.45, 7) is 14.4. The van der Waals surface area contributed by atoms with Gasteiger partial charge in [0.1, 0.15) is 8.24 Å². The first-order chi connectivity index (χ1) is 14.7. The molecule has 1 saturated heterocycles. The van der Waals surface area contributed by atoms with Crippen LogP contribution in [-0.4, -0.2) is 32.8 Å². The van der Waals surface area contributed by atoms with Crippen LogP contribution in [0.5, 0.6) is 0 Å². The number of rotatable bonds is 3. The van der Waals surface area contributed by atoms with Gasteiger partial charge in [-0.1, -0.05) is 82.8 Å². The third-order valence-corrected chi connectivity index (χ3v) is 11.7. The van der Waals surface area contributed by atoms with Gasteiger partial charge in [-0.15, -0.1) is 13.3 Å². The Morgan fingerprint density at radius 2 is 1.62 bits per heavy atom. The second-order valence-electron chi connectivity index (χ2n) is 10.3. The Labute approximate surface area is 214 Å². The molecule has 0 spiro atoms.